The molecule has 0 aliphatic heterocycles. The van der Waals surface area contributed by atoms with Crippen LogP contribution in [0.3, 0.4) is 0 Å². The first kappa shape index (κ1) is 7.60. The zero-order valence-electron chi connectivity index (χ0n) is 7.06. The maximum atomic E-state index is 5.39. The molecule has 56 valence electrons. The van der Waals surface area contributed by atoms with Crippen molar-refractivity contribution in [2.75, 3.05) is 0 Å². The van der Waals surface area contributed by atoms with Crippen molar-refractivity contribution in [3.05, 3.63) is 17.9 Å². The van der Waals surface area contributed by atoms with Gasteiger partial charge in [0.1, 0.15) is 8.07 Å². The van der Waals surface area contributed by atoms with Crippen LogP contribution in [0.4, 0.5) is 0 Å². The van der Waals surface area contributed by atoms with E-state index in [-0.39, 0.29) is 0 Å². The molecular weight excluding hydrogens is 140 g/mol. The monoisotopic (exact) mass is 154 g/mol. The van der Waals surface area contributed by atoms with Crippen molar-refractivity contribution in [3.63, 3.8) is 0 Å². The molecule has 0 saturated carbocycles. The molecule has 0 spiro atoms. The molecule has 0 atom stereocenters. The molecule has 1 nitrogen and oxygen atoms in total. The Morgan fingerprint density at radius 1 is 1.30 bits per heavy atom. The number of rotatable bonds is 1. The van der Waals surface area contributed by atoms with Crippen molar-refractivity contribution in [2.45, 2.75) is 26.6 Å². The first-order chi connectivity index (χ1) is 4.50. The highest BCUT2D eigenvalue weighted by Gasteiger charge is 2.19. The lowest BCUT2D eigenvalue weighted by atomic mass is 10.4. The summed E-state index contributed by atoms with van der Waals surface area (Å²) in [4.78, 5) is 0. The van der Waals surface area contributed by atoms with Crippen molar-refractivity contribution in [2.24, 2.45) is 0 Å². The van der Waals surface area contributed by atoms with E-state index in [9.17, 15) is 0 Å². The molecule has 1 aromatic rings. The summed E-state index contributed by atoms with van der Waals surface area (Å²) in [5.74, 6) is 0. The van der Waals surface area contributed by atoms with Crippen LogP contribution in [-0.2, 0) is 0 Å². The molecule has 10 heavy (non-hydrogen) atoms. The zero-order valence-corrected chi connectivity index (χ0v) is 8.06. The molecule has 0 aromatic carbocycles. The quantitative estimate of drug-likeness (QED) is 0.565. The van der Waals surface area contributed by atoms with E-state index in [1.165, 1.54) is 10.9 Å². The van der Waals surface area contributed by atoms with Crippen LogP contribution >= 0.6 is 0 Å². The topological polar surface area (TPSA) is 13.1 Å². The minimum absolute atomic E-state index is 1.18. The molecule has 0 fully saturated rings. The van der Waals surface area contributed by atoms with Crippen molar-refractivity contribution in [1.29, 1.82) is 0 Å². The summed E-state index contributed by atoms with van der Waals surface area (Å²) in [5, 5.41) is 1.20. The molecule has 0 saturated heterocycles. The third-order valence-corrected chi connectivity index (χ3v) is 3.21. The zero-order chi connectivity index (χ0) is 7.78. The van der Waals surface area contributed by atoms with E-state index < -0.39 is 8.07 Å². The van der Waals surface area contributed by atoms with Gasteiger partial charge < -0.3 is 4.42 Å². The average Bonchev–Trinajstić information content (AvgIpc) is 2.11. The molecule has 0 bridgehead atoms. The normalized spacial score (nSPS) is 12.0. The summed E-state index contributed by atoms with van der Waals surface area (Å²) in [5.41, 5.74) is 1.23. The summed E-state index contributed by atoms with van der Waals surface area (Å²) in [6, 6.07) is 2.15. The number of hydrogen-bond acceptors (Lipinski definition) is 1. The van der Waals surface area contributed by atoms with Gasteiger partial charge in [-0.05, 0) is 18.6 Å². The largest absolute Gasteiger partial charge is 0.474 e. The summed E-state index contributed by atoms with van der Waals surface area (Å²) in [6.45, 7) is 8.91. The summed E-state index contributed by atoms with van der Waals surface area (Å²) >= 11 is 0. The lowest BCUT2D eigenvalue weighted by Gasteiger charge is -2.10. The van der Waals surface area contributed by atoms with Gasteiger partial charge in [-0.2, -0.15) is 0 Å². The van der Waals surface area contributed by atoms with Crippen LogP contribution in [0.5, 0.6) is 0 Å². The Hall–Kier alpha value is -0.503. The fourth-order valence-corrected chi connectivity index (χ4v) is 1.90. The first-order valence-electron chi connectivity index (χ1n) is 3.56. The third kappa shape index (κ3) is 1.51. The molecular formula is C8H14OSi. The van der Waals surface area contributed by atoms with E-state index >= 15 is 0 Å². The van der Waals surface area contributed by atoms with E-state index in [2.05, 4.69) is 32.6 Å². The summed E-state index contributed by atoms with van der Waals surface area (Å²) in [6.07, 6.45) is 1.83. The van der Waals surface area contributed by atoms with Gasteiger partial charge in [0.2, 0.25) is 0 Å². The number of aryl methyl sites for hydroxylation is 1. The van der Waals surface area contributed by atoms with Crippen molar-refractivity contribution < 1.29 is 4.42 Å². The highest BCUT2D eigenvalue weighted by molar-refractivity contribution is 6.87. The lowest BCUT2D eigenvalue weighted by molar-refractivity contribution is 0.595. The lowest BCUT2D eigenvalue weighted by Crippen LogP contribution is -2.36. The maximum absolute atomic E-state index is 5.39. The van der Waals surface area contributed by atoms with Crippen LogP contribution in [0.15, 0.2) is 16.7 Å². The molecule has 0 aliphatic rings. The minimum Gasteiger partial charge on any atom is -0.474 e. The van der Waals surface area contributed by atoms with Gasteiger partial charge in [-0.3, -0.25) is 0 Å². The Balaban J connectivity index is 2.96. The van der Waals surface area contributed by atoms with Gasteiger partial charge in [-0.1, -0.05) is 19.6 Å². The van der Waals surface area contributed by atoms with E-state index in [0.29, 0.717) is 0 Å². The van der Waals surface area contributed by atoms with E-state index in [0.717, 1.165) is 0 Å². The molecule has 0 radical (unpaired) electrons. The standard InChI is InChI=1S/C8H14OSi/c1-7-5-8(9-6-7)10(2,3)4/h5-6H,1-4H3. The van der Waals surface area contributed by atoms with Gasteiger partial charge in [0.25, 0.3) is 0 Å². The van der Waals surface area contributed by atoms with Crippen molar-refractivity contribution in [3.8, 4) is 0 Å². The molecule has 0 N–H and O–H groups in total. The van der Waals surface area contributed by atoms with Crippen LogP contribution in [0.1, 0.15) is 5.56 Å². The Bertz CT molecular complexity index is 219. The van der Waals surface area contributed by atoms with Crippen LogP contribution in [0, 0.1) is 6.92 Å². The molecule has 0 amide bonds. The van der Waals surface area contributed by atoms with Gasteiger partial charge in [0, 0.05) is 0 Å². The average molecular weight is 154 g/mol. The molecule has 0 aliphatic carbocycles. The molecule has 1 aromatic heterocycles. The van der Waals surface area contributed by atoms with Gasteiger partial charge in [0.15, 0.2) is 0 Å². The Kier molecular flexibility index (Phi) is 1.73. The van der Waals surface area contributed by atoms with Crippen LogP contribution in [-0.4, -0.2) is 8.07 Å². The number of furan rings is 1. The summed E-state index contributed by atoms with van der Waals surface area (Å²) < 4.78 is 5.39. The van der Waals surface area contributed by atoms with Gasteiger partial charge >= 0.3 is 0 Å². The SMILES string of the molecule is Cc1coc([Si](C)(C)C)c1. The van der Waals surface area contributed by atoms with Gasteiger partial charge in [-0.25, -0.2) is 0 Å². The minimum atomic E-state index is -1.18. The van der Waals surface area contributed by atoms with E-state index in [1.807, 2.05) is 6.26 Å². The second kappa shape index (κ2) is 2.27. The highest BCUT2D eigenvalue weighted by atomic mass is 28.3. The smallest absolute Gasteiger partial charge is 0.123 e. The van der Waals surface area contributed by atoms with Crippen LogP contribution < -0.4 is 5.38 Å². The predicted molar refractivity (Wildman–Crippen MR) is 46.4 cm³/mol. The van der Waals surface area contributed by atoms with Crippen LogP contribution in [0.25, 0.3) is 0 Å². The van der Waals surface area contributed by atoms with E-state index in [4.69, 9.17) is 4.42 Å². The molecule has 2 heteroatoms. The Labute approximate surface area is 63.1 Å². The van der Waals surface area contributed by atoms with E-state index in [1.54, 1.807) is 0 Å². The summed E-state index contributed by atoms with van der Waals surface area (Å²) in [7, 11) is -1.18. The van der Waals surface area contributed by atoms with Gasteiger partial charge in [-0.15, -0.1) is 0 Å². The fourth-order valence-electron chi connectivity index (χ4n) is 0.825. The maximum Gasteiger partial charge on any atom is 0.123 e. The van der Waals surface area contributed by atoms with Crippen LogP contribution in [0.2, 0.25) is 19.6 Å². The van der Waals surface area contributed by atoms with Crippen molar-refractivity contribution in [1.82, 2.24) is 0 Å². The highest BCUT2D eigenvalue weighted by Crippen LogP contribution is 2.04. The second-order valence-electron chi connectivity index (χ2n) is 3.74. The molecule has 1 heterocycles. The fraction of sp³-hybridized carbons (Fsp3) is 0.500. The third-order valence-electron chi connectivity index (χ3n) is 1.47. The molecule has 0 unspecified atom stereocenters. The van der Waals surface area contributed by atoms with Crippen molar-refractivity contribution >= 4 is 13.5 Å². The van der Waals surface area contributed by atoms with Gasteiger partial charge in [0.05, 0.1) is 11.6 Å². The number of hydrogen-bond donors (Lipinski definition) is 0. The molecule has 1 rings (SSSR count). The second-order valence-corrected chi connectivity index (χ2v) is 8.73. The predicted octanol–water partition coefficient (Wildman–Crippen LogP) is 2.13. The Morgan fingerprint density at radius 3 is 2.10 bits per heavy atom. The first-order valence-corrected chi connectivity index (χ1v) is 7.06. The Morgan fingerprint density at radius 2 is 1.90 bits per heavy atom.